The number of aromatic nitrogens is 1. The largest absolute Gasteiger partial charge is 0.302 e. The fraction of sp³-hybridized carbons (Fsp3) is 0.286. The predicted octanol–water partition coefficient (Wildman–Crippen LogP) is 2.56. The summed E-state index contributed by atoms with van der Waals surface area (Å²) in [5.74, 6) is -0.563. The third kappa shape index (κ3) is 4.37. The van der Waals surface area contributed by atoms with E-state index in [4.69, 9.17) is 0 Å². The first-order valence-electron chi connectivity index (χ1n) is 6.38. The van der Waals surface area contributed by atoms with Crippen LogP contribution in [0.2, 0.25) is 0 Å². The van der Waals surface area contributed by atoms with Gasteiger partial charge in [0.1, 0.15) is 0 Å². The summed E-state index contributed by atoms with van der Waals surface area (Å²) in [6.07, 6.45) is 1.57. The standard InChI is InChI=1S/C14H16N2O3S2/c1-10-3-5-12(6-4-10)21(18,19)8-7-13(17)16-14-15-9-11(2)20-14/h3-6,9H,7-8H2,1-2H3,(H,15,16,17). The number of nitrogens with one attached hydrogen (secondary N) is 1. The smallest absolute Gasteiger partial charge is 0.227 e. The van der Waals surface area contributed by atoms with Crippen LogP contribution in [-0.4, -0.2) is 25.1 Å². The van der Waals surface area contributed by atoms with E-state index in [1.54, 1.807) is 30.5 Å². The van der Waals surface area contributed by atoms with Gasteiger partial charge in [0.2, 0.25) is 5.91 Å². The Balaban J connectivity index is 1.95. The first kappa shape index (κ1) is 15.7. The second kappa shape index (κ2) is 6.36. The molecule has 1 N–H and O–H groups in total. The van der Waals surface area contributed by atoms with E-state index in [2.05, 4.69) is 10.3 Å². The number of thiazole rings is 1. The Kier molecular flexibility index (Phi) is 4.74. The first-order valence-corrected chi connectivity index (χ1v) is 8.85. The van der Waals surface area contributed by atoms with E-state index >= 15 is 0 Å². The van der Waals surface area contributed by atoms with Crippen LogP contribution in [0.1, 0.15) is 16.9 Å². The maximum Gasteiger partial charge on any atom is 0.227 e. The number of anilines is 1. The fourth-order valence-corrected chi connectivity index (χ4v) is 3.61. The van der Waals surface area contributed by atoms with Crippen LogP contribution >= 0.6 is 11.3 Å². The van der Waals surface area contributed by atoms with Crippen molar-refractivity contribution in [3.8, 4) is 0 Å². The molecule has 0 aliphatic rings. The SMILES string of the molecule is Cc1ccc(S(=O)(=O)CCC(=O)Nc2ncc(C)s2)cc1. The molecule has 0 aliphatic carbocycles. The van der Waals surface area contributed by atoms with E-state index in [9.17, 15) is 13.2 Å². The van der Waals surface area contributed by atoms with Crippen LogP contribution in [0.5, 0.6) is 0 Å². The molecule has 1 aromatic heterocycles. The number of carbonyl (C=O) groups is 1. The molecule has 0 bridgehead atoms. The zero-order chi connectivity index (χ0) is 15.5. The molecule has 112 valence electrons. The summed E-state index contributed by atoms with van der Waals surface area (Å²) in [4.78, 5) is 17.0. The van der Waals surface area contributed by atoms with Gasteiger partial charge in [-0.2, -0.15) is 0 Å². The lowest BCUT2D eigenvalue weighted by molar-refractivity contribution is -0.115. The van der Waals surface area contributed by atoms with E-state index in [-0.39, 0.29) is 23.0 Å². The molecule has 0 aliphatic heterocycles. The summed E-state index contributed by atoms with van der Waals surface area (Å²) in [6, 6.07) is 6.61. The van der Waals surface area contributed by atoms with Crippen LogP contribution in [0.15, 0.2) is 35.4 Å². The number of sulfone groups is 1. The van der Waals surface area contributed by atoms with Gasteiger partial charge in [-0.25, -0.2) is 13.4 Å². The van der Waals surface area contributed by atoms with Gasteiger partial charge in [0.15, 0.2) is 15.0 Å². The molecular weight excluding hydrogens is 308 g/mol. The Morgan fingerprint density at radius 2 is 1.90 bits per heavy atom. The molecule has 0 saturated carbocycles. The molecule has 0 spiro atoms. The molecule has 0 radical (unpaired) electrons. The van der Waals surface area contributed by atoms with Crippen molar-refractivity contribution in [1.29, 1.82) is 0 Å². The van der Waals surface area contributed by atoms with E-state index in [0.717, 1.165) is 10.4 Å². The van der Waals surface area contributed by atoms with Gasteiger partial charge in [0, 0.05) is 17.5 Å². The van der Waals surface area contributed by atoms with E-state index in [1.807, 2.05) is 13.8 Å². The Labute approximate surface area is 128 Å². The van der Waals surface area contributed by atoms with Crippen LogP contribution in [-0.2, 0) is 14.6 Å². The highest BCUT2D eigenvalue weighted by atomic mass is 32.2. The highest BCUT2D eigenvalue weighted by Crippen LogP contribution is 2.17. The Morgan fingerprint density at radius 1 is 1.24 bits per heavy atom. The average Bonchev–Trinajstić information content (AvgIpc) is 2.82. The van der Waals surface area contributed by atoms with Crippen molar-refractivity contribution in [3.05, 3.63) is 40.9 Å². The Bertz CT molecular complexity index is 734. The minimum Gasteiger partial charge on any atom is -0.302 e. The monoisotopic (exact) mass is 324 g/mol. The third-order valence-electron chi connectivity index (χ3n) is 2.85. The number of amides is 1. The van der Waals surface area contributed by atoms with Crippen LogP contribution in [0, 0.1) is 13.8 Å². The lowest BCUT2D eigenvalue weighted by atomic mass is 10.2. The van der Waals surface area contributed by atoms with Crippen LogP contribution in [0.4, 0.5) is 5.13 Å². The topological polar surface area (TPSA) is 76.1 Å². The second-order valence-electron chi connectivity index (χ2n) is 4.71. The van der Waals surface area contributed by atoms with E-state index in [0.29, 0.717) is 5.13 Å². The molecule has 2 rings (SSSR count). The lowest BCUT2D eigenvalue weighted by Crippen LogP contribution is -2.17. The summed E-state index contributed by atoms with van der Waals surface area (Å²) < 4.78 is 24.2. The van der Waals surface area contributed by atoms with Gasteiger partial charge in [-0.3, -0.25) is 4.79 Å². The van der Waals surface area contributed by atoms with Gasteiger partial charge in [0.05, 0.1) is 10.6 Å². The molecule has 2 aromatic rings. The molecule has 21 heavy (non-hydrogen) atoms. The van der Waals surface area contributed by atoms with Crippen LogP contribution in [0.3, 0.4) is 0 Å². The molecular formula is C14H16N2O3S2. The number of carbonyl (C=O) groups excluding carboxylic acids is 1. The molecule has 7 heteroatoms. The summed E-state index contributed by atoms with van der Waals surface area (Å²) in [7, 11) is -3.44. The zero-order valence-electron chi connectivity index (χ0n) is 11.8. The van der Waals surface area contributed by atoms with Gasteiger partial charge >= 0.3 is 0 Å². The van der Waals surface area contributed by atoms with Crippen molar-refractivity contribution in [2.45, 2.75) is 25.2 Å². The summed E-state index contributed by atoms with van der Waals surface area (Å²) in [5.41, 5.74) is 0.992. The normalized spacial score (nSPS) is 11.3. The number of rotatable bonds is 5. The Hall–Kier alpha value is -1.73. The minimum absolute atomic E-state index is 0.0885. The van der Waals surface area contributed by atoms with Gasteiger partial charge in [-0.1, -0.05) is 17.7 Å². The zero-order valence-corrected chi connectivity index (χ0v) is 13.4. The van der Waals surface area contributed by atoms with Crippen LogP contribution in [0.25, 0.3) is 0 Å². The summed E-state index contributed by atoms with van der Waals surface area (Å²) in [6.45, 7) is 3.77. The van der Waals surface area contributed by atoms with Crippen molar-refractivity contribution < 1.29 is 13.2 Å². The first-order chi connectivity index (χ1) is 9.87. The van der Waals surface area contributed by atoms with Crippen molar-refractivity contribution in [2.24, 2.45) is 0 Å². The molecule has 0 fully saturated rings. The number of benzene rings is 1. The molecule has 0 saturated heterocycles. The number of hydrogen-bond donors (Lipinski definition) is 1. The lowest BCUT2D eigenvalue weighted by Gasteiger charge is -2.05. The molecule has 1 heterocycles. The third-order valence-corrected chi connectivity index (χ3v) is 5.41. The van der Waals surface area contributed by atoms with Crippen molar-refractivity contribution in [1.82, 2.24) is 4.98 Å². The number of nitrogens with zero attached hydrogens (tertiary/aromatic N) is 1. The van der Waals surface area contributed by atoms with Crippen molar-refractivity contribution in [2.75, 3.05) is 11.1 Å². The molecule has 0 atom stereocenters. The van der Waals surface area contributed by atoms with Gasteiger partial charge < -0.3 is 5.32 Å². The summed E-state index contributed by atoms with van der Waals surface area (Å²) >= 11 is 1.35. The molecule has 0 unspecified atom stereocenters. The predicted molar refractivity (Wildman–Crippen MR) is 83.3 cm³/mol. The molecule has 5 nitrogen and oxygen atoms in total. The summed E-state index contributed by atoms with van der Waals surface area (Å²) in [5, 5.41) is 3.09. The van der Waals surface area contributed by atoms with E-state index < -0.39 is 9.84 Å². The fourth-order valence-electron chi connectivity index (χ4n) is 1.68. The van der Waals surface area contributed by atoms with Gasteiger partial charge in [0.25, 0.3) is 0 Å². The maximum absolute atomic E-state index is 12.1. The van der Waals surface area contributed by atoms with Crippen molar-refractivity contribution in [3.63, 3.8) is 0 Å². The quantitative estimate of drug-likeness (QED) is 0.917. The molecule has 1 amide bonds. The van der Waals surface area contributed by atoms with Crippen LogP contribution < -0.4 is 5.32 Å². The van der Waals surface area contributed by atoms with Gasteiger partial charge in [-0.15, -0.1) is 11.3 Å². The van der Waals surface area contributed by atoms with E-state index in [1.165, 1.54) is 11.3 Å². The molecule has 1 aromatic carbocycles. The number of hydrogen-bond acceptors (Lipinski definition) is 5. The number of aryl methyl sites for hydroxylation is 2. The highest BCUT2D eigenvalue weighted by Gasteiger charge is 2.16. The highest BCUT2D eigenvalue weighted by molar-refractivity contribution is 7.91. The maximum atomic E-state index is 12.1. The Morgan fingerprint density at radius 3 is 2.48 bits per heavy atom. The second-order valence-corrected chi connectivity index (χ2v) is 8.05. The minimum atomic E-state index is -3.44. The van der Waals surface area contributed by atoms with Gasteiger partial charge in [-0.05, 0) is 26.0 Å². The average molecular weight is 324 g/mol. The van der Waals surface area contributed by atoms with Crippen molar-refractivity contribution >= 4 is 32.2 Å².